The summed E-state index contributed by atoms with van der Waals surface area (Å²) in [7, 11) is 0. The smallest absolute Gasteiger partial charge is 0.154 e. The summed E-state index contributed by atoms with van der Waals surface area (Å²) >= 11 is 3.35. The maximum atomic E-state index is 5.96. The van der Waals surface area contributed by atoms with Gasteiger partial charge in [-0.2, -0.15) is 0 Å². The molecule has 0 bridgehead atoms. The van der Waals surface area contributed by atoms with Crippen molar-refractivity contribution in [2.24, 2.45) is 5.73 Å². The lowest BCUT2D eigenvalue weighted by atomic mass is 10.1. The van der Waals surface area contributed by atoms with Crippen molar-refractivity contribution in [3.8, 4) is 0 Å². The lowest BCUT2D eigenvalue weighted by Gasteiger charge is -2.09. The molecule has 1 atom stereocenters. The Morgan fingerprint density at radius 3 is 2.69 bits per heavy atom. The molecule has 1 aromatic heterocycles. The lowest BCUT2D eigenvalue weighted by Crippen LogP contribution is -2.07. The minimum absolute atomic E-state index is 0.152. The molecule has 0 saturated heterocycles. The average molecular weight is 250 g/mol. The summed E-state index contributed by atoms with van der Waals surface area (Å²) in [5.41, 5.74) is 7.16. The van der Waals surface area contributed by atoms with Gasteiger partial charge in [-0.05, 0) is 24.1 Å². The standard InChI is InChI=1S/C12H14N2S2/c1-2-11(13)9-3-5-10(6-4-9)16-12-14-7-8-15-12/h3-8,11H,2,13H2,1H3/t11-/m0/s1. The molecule has 2 aromatic rings. The summed E-state index contributed by atoms with van der Waals surface area (Å²) in [5.74, 6) is 0. The van der Waals surface area contributed by atoms with Gasteiger partial charge in [-0.1, -0.05) is 30.8 Å². The van der Waals surface area contributed by atoms with Crippen molar-refractivity contribution < 1.29 is 0 Å². The summed E-state index contributed by atoms with van der Waals surface area (Å²) in [6.45, 7) is 2.10. The number of aromatic nitrogens is 1. The van der Waals surface area contributed by atoms with E-state index in [2.05, 4.69) is 36.2 Å². The Hall–Kier alpha value is -0.840. The Morgan fingerprint density at radius 2 is 2.12 bits per heavy atom. The highest BCUT2D eigenvalue weighted by molar-refractivity contribution is 8.01. The molecule has 0 spiro atoms. The molecular formula is C12H14N2S2. The van der Waals surface area contributed by atoms with Crippen LogP contribution in [-0.2, 0) is 0 Å². The van der Waals surface area contributed by atoms with Gasteiger partial charge in [-0.3, -0.25) is 0 Å². The highest BCUT2D eigenvalue weighted by Crippen LogP contribution is 2.29. The number of hydrogen-bond donors (Lipinski definition) is 1. The van der Waals surface area contributed by atoms with Gasteiger partial charge in [0.25, 0.3) is 0 Å². The van der Waals surface area contributed by atoms with E-state index < -0.39 is 0 Å². The van der Waals surface area contributed by atoms with Crippen molar-refractivity contribution in [2.75, 3.05) is 0 Å². The molecule has 1 heterocycles. The van der Waals surface area contributed by atoms with Crippen LogP contribution in [0.5, 0.6) is 0 Å². The molecule has 4 heteroatoms. The third-order valence-electron chi connectivity index (χ3n) is 2.36. The zero-order chi connectivity index (χ0) is 11.4. The van der Waals surface area contributed by atoms with Crippen molar-refractivity contribution in [3.05, 3.63) is 41.4 Å². The molecule has 0 amide bonds. The van der Waals surface area contributed by atoms with Crippen LogP contribution in [0.4, 0.5) is 0 Å². The molecule has 16 heavy (non-hydrogen) atoms. The maximum Gasteiger partial charge on any atom is 0.154 e. The fraction of sp³-hybridized carbons (Fsp3) is 0.250. The Kier molecular flexibility index (Phi) is 3.98. The van der Waals surface area contributed by atoms with E-state index in [-0.39, 0.29) is 6.04 Å². The SMILES string of the molecule is CC[C@H](N)c1ccc(Sc2nccs2)cc1. The molecule has 0 aliphatic carbocycles. The summed E-state index contributed by atoms with van der Waals surface area (Å²) in [6, 6.07) is 8.57. The highest BCUT2D eigenvalue weighted by atomic mass is 32.2. The van der Waals surface area contributed by atoms with Crippen LogP contribution >= 0.6 is 23.1 Å². The number of benzene rings is 1. The van der Waals surface area contributed by atoms with E-state index in [4.69, 9.17) is 5.73 Å². The van der Waals surface area contributed by atoms with E-state index in [9.17, 15) is 0 Å². The third-order valence-corrected chi connectivity index (χ3v) is 4.25. The summed E-state index contributed by atoms with van der Waals surface area (Å²) in [4.78, 5) is 5.45. The first-order valence-corrected chi connectivity index (χ1v) is 6.92. The predicted octanol–water partition coefficient (Wildman–Crippen LogP) is 3.70. The zero-order valence-corrected chi connectivity index (χ0v) is 10.7. The van der Waals surface area contributed by atoms with E-state index in [1.165, 1.54) is 10.5 Å². The largest absolute Gasteiger partial charge is 0.324 e. The molecule has 84 valence electrons. The fourth-order valence-electron chi connectivity index (χ4n) is 1.38. The minimum Gasteiger partial charge on any atom is -0.324 e. The zero-order valence-electron chi connectivity index (χ0n) is 9.09. The van der Waals surface area contributed by atoms with Crippen LogP contribution in [0.2, 0.25) is 0 Å². The Morgan fingerprint density at radius 1 is 1.38 bits per heavy atom. The number of rotatable bonds is 4. The molecule has 0 radical (unpaired) electrons. The molecule has 2 nitrogen and oxygen atoms in total. The predicted molar refractivity (Wildman–Crippen MR) is 69.9 cm³/mol. The molecule has 0 unspecified atom stereocenters. The Bertz CT molecular complexity index is 423. The summed E-state index contributed by atoms with van der Waals surface area (Å²) in [6.07, 6.45) is 2.80. The number of thiazole rings is 1. The highest BCUT2D eigenvalue weighted by Gasteiger charge is 2.04. The maximum absolute atomic E-state index is 5.96. The monoisotopic (exact) mass is 250 g/mol. The van der Waals surface area contributed by atoms with Crippen molar-refractivity contribution in [2.45, 2.75) is 28.6 Å². The van der Waals surface area contributed by atoms with E-state index in [1.807, 2.05) is 11.6 Å². The van der Waals surface area contributed by atoms with Crippen LogP contribution in [-0.4, -0.2) is 4.98 Å². The van der Waals surface area contributed by atoms with E-state index in [0.29, 0.717) is 0 Å². The summed E-state index contributed by atoms with van der Waals surface area (Å²) < 4.78 is 1.08. The minimum atomic E-state index is 0.152. The van der Waals surface area contributed by atoms with Crippen LogP contribution in [0.15, 0.2) is 45.1 Å². The fourth-order valence-corrected chi connectivity index (χ4v) is 2.98. The summed E-state index contributed by atoms with van der Waals surface area (Å²) in [5, 5.41) is 1.99. The van der Waals surface area contributed by atoms with Gasteiger partial charge in [0.15, 0.2) is 4.34 Å². The Balaban J connectivity index is 2.07. The molecule has 1 aromatic carbocycles. The van der Waals surface area contributed by atoms with Crippen LogP contribution < -0.4 is 5.73 Å². The molecule has 2 N–H and O–H groups in total. The number of hydrogen-bond acceptors (Lipinski definition) is 4. The van der Waals surface area contributed by atoms with Gasteiger partial charge in [0.2, 0.25) is 0 Å². The number of nitrogens with two attached hydrogens (primary N) is 1. The van der Waals surface area contributed by atoms with Crippen molar-refractivity contribution >= 4 is 23.1 Å². The van der Waals surface area contributed by atoms with E-state index in [0.717, 1.165) is 10.8 Å². The van der Waals surface area contributed by atoms with Crippen LogP contribution in [0.3, 0.4) is 0 Å². The topological polar surface area (TPSA) is 38.9 Å². The molecule has 0 fully saturated rings. The first-order valence-electron chi connectivity index (χ1n) is 5.22. The van der Waals surface area contributed by atoms with E-state index >= 15 is 0 Å². The lowest BCUT2D eigenvalue weighted by molar-refractivity contribution is 0.698. The normalized spacial score (nSPS) is 12.6. The van der Waals surface area contributed by atoms with Gasteiger partial charge < -0.3 is 5.73 Å². The molecule has 0 aliphatic heterocycles. The quantitative estimate of drug-likeness (QED) is 0.899. The molecule has 0 saturated carbocycles. The van der Waals surface area contributed by atoms with Gasteiger partial charge in [0.1, 0.15) is 0 Å². The first kappa shape index (κ1) is 11.6. The molecular weight excluding hydrogens is 236 g/mol. The van der Waals surface area contributed by atoms with Crippen LogP contribution in [0.1, 0.15) is 24.9 Å². The molecule has 2 rings (SSSR count). The van der Waals surface area contributed by atoms with Crippen molar-refractivity contribution in [1.82, 2.24) is 4.98 Å². The third kappa shape index (κ3) is 2.84. The molecule has 0 aliphatic rings. The second-order valence-electron chi connectivity index (χ2n) is 3.48. The van der Waals surface area contributed by atoms with Crippen LogP contribution in [0.25, 0.3) is 0 Å². The second-order valence-corrected chi connectivity index (χ2v) is 5.70. The van der Waals surface area contributed by atoms with Crippen molar-refractivity contribution in [3.63, 3.8) is 0 Å². The van der Waals surface area contributed by atoms with Crippen molar-refractivity contribution in [1.29, 1.82) is 0 Å². The van der Waals surface area contributed by atoms with Gasteiger partial charge in [-0.25, -0.2) is 4.98 Å². The first-order chi connectivity index (χ1) is 7.79. The Labute approximate surface area is 104 Å². The second kappa shape index (κ2) is 5.48. The van der Waals surface area contributed by atoms with E-state index in [1.54, 1.807) is 23.1 Å². The number of nitrogens with zero attached hydrogens (tertiary/aromatic N) is 1. The van der Waals surface area contributed by atoms with Crippen LogP contribution in [0, 0.1) is 0 Å². The van der Waals surface area contributed by atoms with Gasteiger partial charge >= 0.3 is 0 Å². The van der Waals surface area contributed by atoms with Gasteiger partial charge in [0, 0.05) is 22.5 Å². The average Bonchev–Trinajstić information content (AvgIpc) is 2.82. The van der Waals surface area contributed by atoms with Gasteiger partial charge in [0.05, 0.1) is 0 Å². The van der Waals surface area contributed by atoms with Gasteiger partial charge in [-0.15, -0.1) is 11.3 Å².